The van der Waals surface area contributed by atoms with Crippen LogP contribution in [0.1, 0.15) is 12.5 Å². The second kappa shape index (κ2) is 9.53. The number of ether oxygens (including phenoxy) is 2. The lowest BCUT2D eigenvalue weighted by atomic mass is 9.98. The molecular weight excluding hydrogens is 539 g/mol. The number of aromatic nitrogens is 1. The van der Waals surface area contributed by atoms with Gasteiger partial charge in [-0.25, -0.2) is 8.78 Å². The molecule has 10 heteroatoms. The highest BCUT2D eigenvalue weighted by Gasteiger charge is 2.22. The minimum atomic E-state index is -1.99. The van der Waals surface area contributed by atoms with Crippen LogP contribution in [0, 0.1) is 15.2 Å². The molecule has 0 spiro atoms. The van der Waals surface area contributed by atoms with Crippen LogP contribution < -0.4 is 15.0 Å². The Morgan fingerprint density at radius 1 is 1.09 bits per heavy atom. The van der Waals surface area contributed by atoms with Gasteiger partial charge in [-0.05, 0) is 59.3 Å². The lowest BCUT2D eigenvalue weighted by Crippen LogP contribution is -2.26. The van der Waals surface area contributed by atoms with Gasteiger partial charge in [-0.15, -0.1) is 0 Å². The Kier molecular flexibility index (Phi) is 7.18. The molecule has 0 amide bonds. The Balaban J connectivity index is 2.25. The van der Waals surface area contributed by atoms with E-state index in [1.54, 1.807) is 34.7 Å². The molecular formula is C22H20F2INO6. The van der Waals surface area contributed by atoms with Crippen LogP contribution in [-0.2, 0) is 13.2 Å². The fraction of sp³-hybridized carbons (Fsp3) is 0.227. The van der Waals surface area contributed by atoms with Gasteiger partial charge in [0.1, 0.15) is 27.6 Å². The molecule has 170 valence electrons. The van der Waals surface area contributed by atoms with E-state index in [1.165, 1.54) is 26.3 Å². The standard InChI is InChI=1S/C22H20F2INO6/c1-22(29,30)9-12-3-5-17(32-18-6-4-13(23)8-16(18)24)14(7-12)15-10-26(11-27)21(28)19(25)20(15)31-2/h3-8,10,27,29-30H,9,11H2,1-2H3. The molecule has 0 fully saturated rings. The molecule has 7 nitrogen and oxygen atoms in total. The highest BCUT2D eigenvalue weighted by molar-refractivity contribution is 14.1. The van der Waals surface area contributed by atoms with E-state index >= 15 is 0 Å². The van der Waals surface area contributed by atoms with Crippen LogP contribution in [0.3, 0.4) is 0 Å². The zero-order valence-corrected chi connectivity index (χ0v) is 19.3. The smallest absolute Gasteiger partial charge is 0.269 e. The summed E-state index contributed by atoms with van der Waals surface area (Å²) in [7, 11) is 1.37. The van der Waals surface area contributed by atoms with E-state index in [0.717, 1.165) is 16.7 Å². The van der Waals surface area contributed by atoms with Gasteiger partial charge in [0.15, 0.2) is 17.4 Å². The first-order valence-electron chi connectivity index (χ1n) is 9.33. The zero-order chi connectivity index (χ0) is 23.6. The summed E-state index contributed by atoms with van der Waals surface area (Å²) >= 11 is 1.79. The van der Waals surface area contributed by atoms with Crippen LogP contribution in [0.15, 0.2) is 47.4 Å². The fourth-order valence-electron chi connectivity index (χ4n) is 3.16. The molecule has 1 aromatic heterocycles. The average molecular weight is 559 g/mol. The molecule has 0 aliphatic rings. The third-order valence-corrected chi connectivity index (χ3v) is 5.47. The van der Waals surface area contributed by atoms with E-state index in [9.17, 15) is 28.9 Å². The zero-order valence-electron chi connectivity index (χ0n) is 17.1. The van der Waals surface area contributed by atoms with E-state index in [0.29, 0.717) is 22.8 Å². The second-order valence-corrected chi connectivity index (χ2v) is 8.29. The third-order valence-electron chi connectivity index (χ3n) is 4.52. The van der Waals surface area contributed by atoms with Crippen molar-refractivity contribution in [2.75, 3.05) is 7.11 Å². The Labute approximate surface area is 195 Å². The topological polar surface area (TPSA) is 101 Å². The molecule has 0 saturated heterocycles. The van der Waals surface area contributed by atoms with Crippen molar-refractivity contribution in [1.29, 1.82) is 0 Å². The van der Waals surface area contributed by atoms with Gasteiger partial charge in [-0.3, -0.25) is 9.36 Å². The SMILES string of the molecule is COc1c(-c2cc(CC(C)(O)O)ccc2Oc2ccc(F)cc2F)cn(CO)c(=O)c1I. The highest BCUT2D eigenvalue weighted by atomic mass is 127. The van der Waals surface area contributed by atoms with Gasteiger partial charge in [-0.1, -0.05) is 6.07 Å². The first-order valence-corrected chi connectivity index (χ1v) is 10.4. The van der Waals surface area contributed by atoms with Crippen molar-refractivity contribution in [2.24, 2.45) is 0 Å². The van der Waals surface area contributed by atoms with Gasteiger partial charge >= 0.3 is 0 Å². The molecule has 0 atom stereocenters. The van der Waals surface area contributed by atoms with Crippen LogP contribution in [0.2, 0.25) is 0 Å². The molecule has 0 radical (unpaired) electrons. The van der Waals surface area contributed by atoms with Crippen LogP contribution >= 0.6 is 22.6 Å². The van der Waals surface area contributed by atoms with Crippen LogP contribution in [0.25, 0.3) is 11.1 Å². The number of methoxy groups -OCH3 is 1. The predicted octanol–water partition coefficient (Wildman–Crippen LogP) is 3.39. The fourth-order valence-corrected chi connectivity index (χ4v) is 3.98. The second-order valence-electron chi connectivity index (χ2n) is 7.21. The molecule has 0 aliphatic heterocycles. The summed E-state index contributed by atoms with van der Waals surface area (Å²) in [5.74, 6) is -3.59. The molecule has 0 bridgehead atoms. The Bertz CT molecular complexity index is 1210. The van der Waals surface area contributed by atoms with Crippen molar-refractivity contribution < 1.29 is 33.6 Å². The summed E-state index contributed by atoms with van der Waals surface area (Å²) in [6, 6.07) is 7.48. The van der Waals surface area contributed by atoms with Crippen LogP contribution in [0.4, 0.5) is 8.78 Å². The summed E-state index contributed by atoms with van der Waals surface area (Å²) in [5, 5.41) is 29.2. The van der Waals surface area contributed by atoms with E-state index in [2.05, 4.69) is 0 Å². The third kappa shape index (κ3) is 5.26. The Morgan fingerprint density at radius 3 is 2.38 bits per heavy atom. The van der Waals surface area contributed by atoms with Gasteiger partial charge in [0, 0.05) is 29.8 Å². The number of aliphatic hydroxyl groups is 3. The molecule has 0 unspecified atom stereocenters. The number of rotatable bonds is 7. The number of hydrogen-bond acceptors (Lipinski definition) is 6. The summed E-state index contributed by atoms with van der Waals surface area (Å²) in [6.45, 7) is 0.625. The molecule has 32 heavy (non-hydrogen) atoms. The van der Waals surface area contributed by atoms with Gasteiger partial charge in [0.25, 0.3) is 5.56 Å². The maximum Gasteiger partial charge on any atom is 0.269 e. The van der Waals surface area contributed by atoms with Gasteiger partial charge in [0.2, 0.25) is 0 Å². The van der Waals surface area contributed by atoms with E-state index in [1.807, 2.05) is 0 Å². The molecule has 3 N–H and O–H groups in total. The molecule has 0 aliphatic carbocycles. The summed E-state index contributed by atoms with van der Waals surface area (Å²) in [6.07, 6.45) is 1.22. The van der Waals surface area contributed by atoms with Crippen molar-refractivity contribution in [3.8, 4) is 28.4 Å². The van der Waals surface area contributed by atoms with Gasteiger partial charge < -0.3 is 24.8 Å². The number of aliphatic hydroxyl groups excluding tert-OH is 1. The summed E-state index contributed by atoms with van der Waals surface area (Å²) in [4.78, 5) is 12.4. The minimum Gasteiger partial charge on any atom is -0.495 e. The normalized spacial score (nSPS) is 11.5. The maximum absolute atomic E-state index is 14.2. The Morgan fingerprint density at radius 2 is 1.78 bits per heavy atom. The number of hydrogen-bond donors (Lipinski definition) is 3. The monoisotopic (exact) mass is 559 g/mol. The number of halogens is 3. The Hall–Kier alpha value is -2.54. The van der Waals surface area contributed by atoms with E-state index < -0.39 is 29.7 Å². The van der Waals surface area contributed by atoms with Crippen molar-refractivity contribution in [2.45, 2.75) is 25.9 Å². The molecule has 0 saturated carbocycles. The lowest BCUT2D eigenvalue weighted by Gasteiger charge is -2.20. The molecule has 1 heterocycles. The highest BCUT2D eigenvalue weighted by Crippen LogP contribution is 2.40. The average Bonchev–Trinajstić information content (AvgIpc) is 2.71. The molecule has 3 aromatic rings. The number of benzene rings is 2. The van der Waals surface area contributed by atoms with E-state index in [-0.39, 0.29) is 27.2 Å². The van der Waals surface area contributed by atoms with Gasteiger partial charge in [0.05, 0.1) is 7.11 Å². The van der Waals surface area contributed by atoms with E-state index in [4.69, 9.17) is 9.47 Å². The quantitative estimate of drug-likeness (QED) is 0.303. The van der Waals surface area contributed by atoms with Crippen molar-refractivity contribution in [1.82, 2.24) is 4.57 Å². The van der Waals surface area contributed by atoms with Crippen molar-refractivity contribution >= 4 is 22.6 Å². The van der Waals surface area contributed by atoms with Crippen LogP contribution in [-0.4, -0.2) is 32.8 Å². The summed E-state index contributed by atoms with van der Waals surface area (Å²) in [5.41, 5.74) is 0.684. The first-order chi connectivity index (χ1) is 15.0. The van der Waals surface area contributed by atoms with Crippen molar-refractivity contribution in [3.63, 3.8) is 0 Å². The van der Waals surface area contributed by atoms with Crippen LogP contribution in [0.5, 0.6) is 17.2 Å². The lowest BCUT2D eigenvalue weighted by molar-refractivity contribution is -0.142. The van der Waals surface area contributed by atoms with Gasteiger partial charge in [-0.2, -0.15) is 0 Å². The number of nitrogens with zero attached hydrogens (tertiary/aromatic N) is 1. The predicted molar refractivity (Wildman–Crippen MR) is 121 cm³/mol. The maximum atomic E-state index is 14.2. The molecule has 3 rings (SSSR count). The molecule has 2 aromatic carbocycles. The first kappa shape index (κ1) is 24.1. The summed E-state index contributed by atoms with van der Waals surface area (Å²) < 4.78 is 39.9. The largest absolute Gasteiger partial charge is 0.495 e. The minimum absolute atomic E-state index is 0.133. The number of pyridine rings is 1. The van der Waals surface area contributed by atoms with Crippen molar-refractivity contribution in [3.05, 3.63) is 73.7 Å².